The lowest BCUT2D eigenvalue weighted by molar-refractivity contribution is 0.530. The molecule has 0 bridgehead atoms. The fourth-order valence-electron chi connectivity index (χ4n) is 1.24. The fourth-order valence-corrected chi connectivity index (χ4v) is 1.24. The number of nitrogens with zero attached hydrogens (tertiary/aromatic N) is 3. The zero-order valence-electron chi connectivity index (χ0n) is 7.88. The van der Waals surface area contributed by atoms with Gasteiger partial charge in [-0.15, -0.1) is 0 Å². The summed E-state index contributed by atoms with van der Waals surface area (Å²) in [5.41, 5.74) is 0. The van der Waals surface area contributed by atoms with Crippen LogP contribution in [0.4, 0.5) is 0 Å². The van der Waals surface area contributed by atoms with Crippen molar-refractivity contribution in [3.05, 3.63) is 36.8 Å². The van der Waals surface area contributed by atoms with Gasteiger partial charge in [-0.2, -0.15) is 5.10 Å². The normalized spacial score (nSPS) is 11.0. The highest BCUT2D eigenvalue weighted by atomic mass is 15.3. The first-order valence-corrected chi connectivity index (χ1v) is 4.46. The van der Waals surface area contributed by atoms with Crippen molar-refractivity contribution < 1.29 is 0 Å². The Bertz CT molecular complexity index is 371. The molecule has 0 aliphatic heterocycles. The molecule has 0 unspecified atom stereocenters. The standard InChI is InChI=1S/C10H13N3/c1-9(2)13-8-5-10(11-13)12-6-3-4-7-12/h3-9H,1-2H3. The van der Waals surface area contributed by atoms with Crippen LogP contribution < -0.4 is 0 Å². The van der Waals surface area contributed by atoms with Crippen molar-refractivity contribution in [2.45, 2.75) is 19.9 Å². The van der Waals surface area contributed by atoms with E-state index in [0.29, 0.717) is 6.04 Å². The van der Waals surface area contributed by atoms with Gasteiger partial charge in [0, 0.05) is 30.7 Å². The second-order valence-corrected chi connectivity index (χ2v) is 3.34. The molecule has 0 fully saturated rings. The lowest BCUT2D eigenvalue weighted by atomic mass is 10.4. The Kier molecular flexibility index (Phi) is 1.93. The third-order valence-electron chi connectivity index (χ3n) is 1.99. The van der Waals surface area contributed by atoms with Gasteiger partial charge in [-0.25, -0.2) is 0 Å². The third kappa shape index (κ3) is 1.49. The Labute approximate surface area is 77.6 Å². The van der Waals surface area contributed by atoms with E-state index in [1.54, 1.807) is 0 Å². The second-order valence-electron chi connectivity index (χ2n) is 3.34. The van der Waals surface area contributed by atoms with Gasteiger partial charge >= 0.3 is 0 Å². The smallest absolute Gasteiger partial charge is 0.158 e. The predicted molar refractivity (Wildman–Crippen MR) is 51.9 cm³/mol. The van der Waals surface area contributed by atoms with E-state index in [2.05, 4.69) is 18.9 Å². The van der Waals surface area contributed by atoms with Crippen molar-refractivity contribution in [2.24, 2.45) is 0 Å². The van der Waals surface area contributed by atoms with Crippen LogP contribution in [-0.2, 0) is 0 Å². The topological polar surface area (TPSA) is 22.8 Å². The predicted octanol–water partition coefficient (Wildman–Crippen LogP) is 2.25. The zero-order chi connectivity index (χ0) is 9.26. The molecule has 0 amide bonds. The first-order chi connectivity index (χ1) is 6.27. The average Bonchev–Trinajstić information content (AvgIpc) is 2.75. The van der Waals surface area contributed by atoms with Crippen LogP contribution >= 0.6 is 0 Å². The van der Waals surface area contributed by atoms with Crippen LogP contribution in [0.5, 0.6) is 0 Å². The van der Waals surface area contributed by atoms with E-state index in [4.69, 9.17) is 0 Å². The van der Waals surface area contributed by atoms with Gasteiger partial charge in [-0.3, -0.25) is 4.68 Å². The maximum Gasteiger partial charge on any atom is 0.158 e. The van der Waals surface area contributed by atoms with E-state index in [-0.39, 0.29) is 0 Å². The zero-order valence-corrected chi connectivity index (χ0v) is 7.88. The van der Waals surface area contributed by atoms with Crippen molar-refractivity contribution in [3.63, 3.8) is 0 Å². The van der Waals surface area contributed by atoms with Crippen LogP contribution in [0, 0.1) is 0 Å². The monoisotopic (exact) mass is 175 g/mol. The summed E-state index contributed by atoms with van der Waals surface area (Å²) in [6.45, 7) is 4.24. The van der Waals surface area contributed by atoms with Gasteiger partial charge in [-0.1, -0.05) is 0 Å². The summed E-state index contributed by atoms with van der Waals surface area (Å²) < 4.78 is 3.95. The SMILES string of the molecule is CC(C)n1ccc(-n2cccc2)n1. The Balaban J connectivity index is 2.33. The van der Waals surface area contributed by atoms with E-state index in [1.807, 2.05) is 46.0 Å². The highest BCUT2D eigenvalue weighted by Crippen LogP contribution is 2.08. The van der Waals surface area contributed by atoms with Gasteiger partial charge in [0.2, 0.25) is 0 Å². The molecule has 0 aliphatic rings. The van der Waals surface area contributed by atoms with Gasteiger partial charge in [-0.05, 0) is 26.0 Å². The molecular formula is C10H13N3. The summed E-state index contributed by atoms with van der Waals surface area (Å²) in [4.78, 5) is 0. The van der Waals surface area contributed by atoms with Gasteiger partial charge < -0.3 is 4.57 Å². The number of aromatic nitrogens is 3. The van der Waals surface area contributed by atoms with Gasteiger partial charge in [0.25, 0.3) is 0 Å². The molecule has 2 aromatic rings. The minimum atomic E-state index is 0.421. The van der Waals surface area contributed by atoms with Crippen molar-refractivity contribution in [1.29, 1.82) is 0 Å². The number of hydrogen-bond donors (Lipinski definition) is 0. The molecule has 68 valence electrons. The first kappa shape index (κ1) is 8.10. The second kappa shape index (κ2) is 3.09. The molecule has 0 spiro atoms. The van der Waals surface area contributed by atoms with E-state index in [1.165, 1.54) is 0 Å². The van der Waals surface area contributed by atoms with E-state index >= 15 is 0 Å². The van der Waals surface area contributed by atoms with E-state index in [0.717, 1.165) is 5.82 Å². The molecule has 0 saturated heterocycles. The summed E-state index contributed by atoms with van der Waals surface area (Å²) in [6, 6.07) is 6.42. The number of rotatable bonds is 2. The maximum absolute atomic E-state index is 4.43. The third-order valence-corrected chi connectivity index (χ3v) is 1.99. The molecule has 0 saturated carbocycles. The highest BCUT2D eigenvalue weighted by Gasteiger charge is 2.01. The Morgan fingerprint density at radius 3 is 2.38 bits per heavy atom. The molecule has 0 radical (unpaired) electrons. The van der Waals surface area contributed by atoms with Crippen molar-refractivity contribution >= 4 is 0 Å². The van der Waals surface area contributed by atoms with E-state index in [9.17, 15) is 0 Å². The lowest BCUT2D eigenvalue weighted by Crippen LogP contribution is -2.02. The van der Waals surface area contributed by atoms with Crippen LogP contribution in [-0.4, -0.2) is 14.3 Å². The molecule has 2 heterocycles. The van der Waals surface area contributed by atoms with Crippen LogP contribution in [0.25, 0.3) is 5.82 Å². The fraction of sp³-hybridized carbons (Fsp3) is 0.300. The molecule has 0 aliphatic carbocycles. The largest absolute Gasteiger partial charge is 0.307 e. The quantitative estimate of drug-likeness (QED) is 0.686. The number of hydrogen-bond acceptors (Lipinski definition) is 1. The molecule has 13 heavy (non-hydrogen) atoms. The van der Waals surface area contributed by atoms with Crippen molar-refractivity contribution in [2.75, 3.05) is 0 Å². The van der Waals surface area contributed by atoms with Gasteiger partial charge in [0.15, 0.2) is 5.82 Å². The molecule has 3 nitrogen and oxygen atoms in total. The average molecular weight is 175 g/mol. The minimum Gasteiger partial charge on any atom is -0.307 e. The minimum absolute atomic E-state index is 0.421. The molecular weight excluding hydrogens is 162 g/mol. The highest BCUT2D eigenvalue weighted by molar-refractivity contribution is 5.21. The van der Waals surface area contributed by atoms with Gasteiger partial charge in [0.1, 0.15) is 0 Å². The summed E-state index contributed by atoms with van der Waals surface area (Å²) in [5.74, 6) is 0.971. The molecule has 0 aromatic carbocycles. The van der Waals surface area contributed by atoms with Crippen LogP contribution in [0.3, 0.4) is 0 Å². The lowest BCUT2D eigenvalue weighted by Gasteiger charge is -2.03. The first-order valence-electron chi connectivity index (χ1n) is 4.46. The summed E-state index contributed by atoms with van der Waals surface area (Å²) in [5, 5.41) is 4.43. The molecule has 0 atom stereocenters. The summed E-state index contributed by atoms with van der Waals surface area (Å²) in [7, 11) is 0. The van der Waals surface area contributed by atoms with E-state index < -0.39 is 0 Å². The Morgan fingerprint density at radius 2 is 1.85 bits per heavy atom. The molecule has 3 heteroatoms. The van der Waals surface area contributed by atoms with Crippen LogP contribution in [0.1, 0.15) is 19.9 Å². The van der Waals surface area contributed by atoms with Crippen LogP contribution in [0.15, 0.2) is 36.8 Å². The van der Waals surface area contributed by atoms with Gasteiger partial charge in [0.05, 0.1) is 0 Å². The summed E-state index contributed by atoms with van der Waals surface area (Å²) >= 11 is 0. The van der Waals surface area contributed by atoms with Crippen molar-refractivity contribution in [3.8, 4) is 5.82 Å². The summed E-state index contributed by atoms with van der Waals surface area (Å²) in [6.07, 6.45) is 5.99. The molecule has 0 N–H and O–H groups in total. The van der Waals surface area contributed by atoms with Crippen molar-refractivity contribution in [1.82, 2.24) is 14.3 Å². The maximum atomic E-state index is 4.43. The molecule has 2 aromatic heterocycles. The Morgan fingerprint density at radius 1 is 1.15 bits per heavy atom. The molecule has 2 rings (SSSR count). The van der Waals surface area contributed by atoms with Crippen LogP contribution in [0.2, 0.25) is 0 Å². The Hall–Kier alpha value is -1.51.